The molecule has 1 N–H and O–H groups in total. The van der Waals surface area contributed by atoms with Crippen molar-refractivity contribution in [1.29, 1.82) is 0 Å². The van der Waals surface area contributed by atoms with E-state index >= 15 is 0 Å². The SMILES string of the molecule is COc1ccc(CCNC(=S)c2ccccc2OCc2ccc(Cl)c(Cl)c2)cc1. The summed E-state index contributed by atoms with van der Waals surface area (Å²) in [6, 6.07) is 21.2. The molecule has 0 saturated heterocycles. The molecular weight excluding hydrogens is 425 g/mol. The zero-order valence-electron chi connectivity index (χ0n) is 16.0. The van der Waals surface area contributed by atoms with Gasteiger partial charge in [-0.15, -0.1) is 0 Å². The van der Waals surface area contributed by atoms with Gasteiger partial charge in [0.15, 0.2) is 0 Å². The number of thiocarbonyl (C=S) groups is 1. The molecule has 0 saturated carbocycles. The van der Waals surface area contributed by atoms with Crippen molar-refractivity contribution in [3.05, 3.63) is 93.5 Å². The fourth-order valence-electron chi connectivity index (χ4n) is 2.78. The monoisotopic (exact) mass is 445 g/mol. The first kappa shape index (κ1) is 21.4. The van der Waals surface area contributed by atoms with Crippen LogP contribution in [-0.2, 0) is 13.0 Å². The maximum Gasteiger partial charge on any atom is 0.129 e. The van der Waals surface area contributed by atoms with E-state index in [9.17, 15) is 0 Å². The van der Waals surface area contributed by atoms with Crippen molar-refractivity contribution in [2.45, 2.75) is 13.0 Å². The lowest BCUT2D eigenvalue weighted by Crippen LogP contribution is -2.25. The predicted molar refractivity (Wildman–Crippen MR) is 124 cm³/mol. The zero-order valence-corrected chi connectivity index (χ0v) is 18.3. The normalized spacial score (nSPS) is 10.4. The highest BCUT2D eigenvalue weighted by Gasteiger charge is 2.09. The Labute approximate surface area is 186 Å². The van der Waals surface area contributed by atoms with E-state index in [2.05, 4.69) is 17.4 Å². The fourth-order valence-corrected chi connectivity index (χ4v) is 3.37. The van der Waals surface area contributed by atoms with Gasteiger partial charge in [0.1, 0.15) is 23.1 Å². The van der Waals surface area contributed by atoms with Crippen LogP contribution in [0.2, 0.25) is 10.0 Å². The van der Waals surface area contributed by atoms with Crippen LogP contribution in [0.15, 0.2) is 66.7 Å². The molecule has 0 aliphatic carbocycles. The molecule has 0 aromatic heterocycles. The lowest BCUT2D eigenvalue weighted by molar-refractivity contribution is 0.305. The van der Waals surface area contributed by atoms with E-state index in [0.717, 1.165) is 35.6 Å². The Kier molecular flexibility index (Phi) is 7.76. The van der Waals surface area contributed by atoms with Gasteiger partial charge in [0.2, 0.25) is 0 Å². The third-order valence-electron chi connectivity index (χ3n) is 4.37. The molecule has 3 aromatic rings. The number of ether oxygens (including phenoxy) is 2. The number of rotatable bonds is 8. The van der Waals surface area contributed by atoms with Crippen molar-refractivity contribution >= 4 is 40.4 Å². The fraction of sp³-hybridized carbons (Fsp3) is 0.174. The topological polar surface area (TPSA) is 30.5 Å². The van der Waals surface area contributed by atoms with Gasteiger partial charge in [-0.25, -0.2) is 0 Å². The summed E-state index contributed by atoms with van der Waals surface area (Å²) in [5.41, 5.74) is 3.01. The maximum atomic E-state index is 6.08. The van der Waals surface area contributed by atoms with E-state index in [1.807, 2.05) is 42.5 Å². The average Bonchev–Trinajstić information content (AvgIpc) is 2.75. The summed E-state index contributed by atoms with van der Waals surface area (Å²) in [7, 11) is 1.66. The van der Waals surface area contributed by atoms with E-state index in [1.165, 1.54) is 5.56 Å². The van der Waals surface area contributed by atoms with E-state index in [0.29, 0.717) is 21.6 Å². The molecule has 3 aromatic carbocycles. The van der Waals surface area contributed by atoms with Gasteiger partial charge in [0.05, 0.1) is 22.7 Å². The van der Waals surface area contributed by atoms with Gasteiger partial charge in [0, 0.05) is 6.54 Å². The Balaban J connectivity index is 1.58. The van der Waals surface area contributed by atoms with Crippen LogP contribution in [-0.4, -0.2) is 18.6 Å². The van der Waals surface area contributed by atoms with Crippen molar-refractivity contribution in [2.24, 2.45) is 0 Å². The predicted octanol–water partition coefficient (Wildman–Crippen LogP) is 6.09. The van der Waals surface area contributed by atoms with E-state index in [1.54, 1.807) is 19.2 Å². The maximum absolute atomic E-state index is 6.08. The largest absolute Gasteiger partial charge is 0.497 e. The van der Waals surface area contributed by atoms with Crippen molar-refractivity contribution in [1.82, 2.24) is 5.32 Å². The van der Waals surface area contributed by atoms with Gasteiger partial charge >= 0.3 is 0 Å². The highest BCUT2D eigenvalue weighted by molar-refractivity contribution is 7.80. The molecule has 0 fully saturated rings. The van der Waals surface area contributed by atoms with E-state index in [-0.39, 0.29) is 0 Å². The highest BCUT2D eigenvalue weighted by atomic mass is 35.5. The number of hydrogen-bond acceptors (Lipinski definition) is 3. The zero-order chi connectivity index (χ0) is 20.6. The third kappa shape index (κ3) is 6.10. The first-order chi connectivity index (χ1) is 14.1. The number of benzene rings is 3. The van der Waals surface area contributed by atoms with Crippen LogP contribution >= 0.6 is 35.4 Å². The minimum absolute atomic E-state index is 0.377. The molecule has 0 spiro atoms. The quantitative estimate of drug-likeness (QED) is 0.425. The Morgan fingerprint density at radius 3 is 2.38 bits per heavy atom. The summed E-state index contributed by atoms with van der Waals surface area (Å²) in [6.07, 6.45) is 0.858. The minimum Gasteiger partial charge on any atom is -0.497 e. The van der Waals surface area contributed by atoms with Gasteiger partial charge in [-0.05, 0) is 53.9 Å². The summed E-state index contributed by atoms with van der Waals surface area (Å²) in [5, 5.41) is 4.35. The van der Waals surface area contributed by atoms with Crippen LogP contribution in [0, 0.1) is 0 Å². The molecule has 6 heteroatoms. The molecule has 0 heterocycles. The van der Waals surface area contributed by atoms with Crippen LogP contribution in [0.25, 0.3) is 0 Å². The van der Waals surface area contributed by atoms with Gasteiger partial charge in [-0.1, -0.05) is 65.8 Å². The van der Waals surface area contributed by atoms with Crippen molar-refractivity contribution < 1.29 is 9.47 Å². The van der Waals surface area contributed by atoms with Gasteiger partial charge in [-0.3, -0.25) is 0 Å². The molecule has 0 radical (unpaired) electrons. The first-order valence-electron chi connectivity index (χ1n) is 9.13. The Bertz CT molecular complexity index is 977. The molecular formula is C23H21Cl2NO2S. The molecule has 0 atom stereocenters. The molecule has 0 aliphatic rings. The standard InChI is InChI=1S/C23H21Cl2NO2S/c1-27-18-9-6-16(7-10-18)12-13-26-23(29)19-4-2-3-5-22(19)28-15-17-8-11-20(24)21(25)14-17/h2-11,14H,12-13,15H2,1H3,(H,26,29). The van der Waals surface area contributed by atoms with Crippen LogP contribution in [0.4, 0.5) is 0 Å². The molecule has 3 rings (SSSR count). The van der Waals surface area contributed by atoms with Gasteiger partial charge in [-0.2, -0.15) is 0 Å². The second-order valence-corrected chi connectivity index (χ2v) is 7.61. The highest BCUT2D eigenvalue weighted by Crippen LogP contribution is 2.24. The average molecular weight is 446 g/mol. The summed E-state index contributed by atoms with van der Waals surface area (Å²) >= 11 is 17.6. The Hall–Kier alpha value is -2.27. The molecule has 0 aliphatic heterocycles. The van der Waals surface area contributed by atoms with Crippen molar-refractivity contribution in [3.8, 4) is 11.5 Å². The van der Waals surface area contributed by atoms with Crippen LogP contribution in [0.5, 0.6) is 11.5 Å². The van der Waals surface area contributed by atoms with Gasteiger partial charge < -0.3 is 14.8 Å². The van der Waals surface area contributed by atoms with Gasteiger partial charge in [0.25, 0.3) is 0 Å². The number of methoxy groups -OCH3 is 1. The summed E-state index contributed by atoms with van der Waals surface area (Å²) in [5.74, 6) is 1.57. The number of para-hydroxylation sites is 1. The third-order valence-corrected chi connectivity index (χ3v) is 5.47. The molecule has 3 nitrogen and oxygen atoms in total. The second kappa shape index (κ2) is 10.5. The molecule has 0 amide bonds. The second-order valence-electron chi connectivity index (χ2n) is 6.39. The van der Waals surface area contributed by atoms with Crippen molar-refractivity contribution in [2.75, 3.05) is 13.7 Å². The smallest absolute Gasteiger partial charge is 0.129 e. The Morgan fingerprint density at radius 1 is 0.931 bits per heavy atom. The van der Waals surface area contributed by atoms with E-state index in [4.69, 9.17) is 44.9 Å². The van der Waals surface area contributed by atoms with Crippen LogP contribution in [0.3, 0.4) is 0 Å². The Morgan fingerprint density at radius 2 is 1.66 bits per heavy atom. The summed E-state index contributed by atoms with van der Waals surface area (Å²) in [4.78, 5) is 0.656. The van der Waals surface area contributed by atoms with Crippen molar-refractivity contribution in [3.63, 3.8) is 0 Å². The lowest BCUT2D eigenvalue weighted by Gasteiger charge is -2.14. The molecule has 0 unspecified atom stereocenters. The number of hydrogen-bond donors (Lipinski definition) is 1. The van der Waals surface area contributed by atoms with E-state index < -0.39 is 0 Å². The number of nitrogens with one attached hydrogen (secondary N) is 1. The van der Waals surface area contributed by atoms with Crippen LogP contribution in [0.1, 0.15) is 16.7 Å². The molecule has 150 valence electrons. The summed E-state index contributed by atoms with van der Waals surface area (Å²) in [6.45, 7) is 1.11. The molecule has 29 heavy (non-hydrogen) atoms. The first-order valence-corrected chi connectivity index (χ1v) is 10.3. The molecule has 0 bridgehead atoms. The number of halogens is 2. The van der Waals surface area contributed by atoms with Crippen LogP contribution < -0.4 is 14.8 Å². The minimum atomic E-state index is 0.377. The summed E-state index contributed by atoms with van der Waals surface area (Å²) < 4.78 is 11.2. The lowest BCUT2D eigenvalue weighted by atomic mass is 10.1.